The molecule has 0 aliphatic carbocycles. The van der Waals surface area contributed by atoms with Gasteiger partial charge in [0, 0.05) is 25.4 Å². The Kier molecular flexibility index (Phi) is 3.27. The standard InChI is InChI=1S/C9H12N4O2S2/c1-7-10-5-9(16-7)17(14,15)13(2)6-8-3-11-12-4-8/h3-5H,6H2,1-2H3,(H,11,12). The SMILES string of the molecule is Cc1ncc(S(=O)(=O)N(C)Cc2cn[nH]c2)s1. The summed E-state index contributed by atoms with van der Waals surface area (Å²) in [6.07, 6.45) is 4.66. The second-order valence-electron chi connectivity index (χ2n) is 3.57. The fourth-order valence-corrected chi connectivity index (χ4v) is 3.80. The van der Waals surface area contributed by atoms with Crippen molar-refractivity contribution < 1.29 is 8.42 Å². The van der Waals surface area contributed by atoms with E-state index in [-0.39, 0.29) is 10.8 Å². The number of nitrogens with one attached hydrogen (secondary N) is 1. The second kappa shape index (κ2) is 4.55. The van der Waals surface area contributed by atoms with Crippen LogP contribution in [0.15, 0.2) is 22.8 Å². The summed E-state index contributed by atoms with van der Waals surface area (Å²) in [5.41, 5.74) is 0.817. The normalized spacial score (nSPS) is 12.2. The third kappa shape index (κ3) is 2.54. The van der Waals surface area contributed by atoms with E-state index in [1.807, 2.05) is 0 Å². The molecule has 0 unspecified atom stereocenters. The quantitative estimate of drug-likeness (QED) is 0.900. The lowest BCUT2D eigenvalue weighted by atomic mass is 10.4. The smallest absolute Gasteiger partial charge is 0.254 e. The topological polar surface area (TPSA) is 79.0 Å². The lowest BCUT2D eigenvalue weighted by Gasteiger charge is -2.14. The Labute approximate surface area is 103 Å². The van der Waals surface area contributed by atoms with Crippen LogP contribution in [-0.2, 0) is 16.6 Å². The van der Waals surface area contributed by atoms with Gasteiger partial charge < -0.3 is 0 Å². The van der Waals surface area contributed by atoms with Crippen molar-refractivity contribution in [3.05, 3.63) is 29.2 Å². The molecule has 0 aliphatic rings. The maximum atomic E-state index is 12.1. The average Bonchev–Trinajstić information content (AvgIpc) is 2.89. The molecule has 0 saturated carbocycles. The van der Waals surface area contributed by atoms with Gasteiger partial charge in [-0.1, -0.05) is 0 Å². The number of aryl methyl sites for hydroxylation is 1. The molecule has 0 saturated heterocycles. The molecule has 2 aromatic rings. The largest absolute Gasteiger partial charge is 0.285 e. The van der Waals surface area contributed by atoms with Crippen LogP contribution in [0, 0.1) is 6.92 Å². The van der Waals surface area contributed by atoms with Gasteiger partial charge in [0.05, 0.1) is 17.4 Å². The number of hydrogen-bond acceptors (Lipinski definition) is 5. The Bertz CT molecular complexity index is 588. The van der Waals surface area contributed by atoms with Crippen LogP contribution in [-0.4, -0.2) is 35.0 Å². The summed E-state index contributed by atoms with van der Waals surface area (Å²) in [6, 6.07) is 0. The van der Waals surface area contributed by atoms with Gasteiger partial charge in [-0.15, -0.1) is 11.3 Å². The highest BCUT2D eigenvalue weighted by Gasteiger charge is 2.23. The molecule has 8 heteroatoms. The maximum Gasteiger partial charge on any atom is 0.254 e. The van der Waals surface area contributed by atoms with Gasteiger partial charge >= 0.3 is 0 Å². The van der Waals surface area contributed by atoms with E-state index in [9.17, 15) is 8.42 Å². The average molecular weight is 272 g/mol. The van der Waals surface area contributed by atoms with Crippen molar-refractivity contribution in [1.82, 2.24) is 19.5 Å². The van der Waals surface area contributed by atoms with E-state index in [4.69, 9.17) is 0 Å². The summed E-state index contributed by atoms with van der Waals surface area (Å²) in [4.78, 5) is 3.96. The third-order valence-electron chi connectivity index (χ3n) is 2.22. The predicted octanol–water partition coefficient (Wildman–Crippen LogP) is 0.995. The van der Waals surface area contributed by atoms with Crippen LogP contribution in [0.2, 0.25) is 0 Å². The van der Waals surface area contributed by atoms with Crippen LogP contribution in [0.1, 0.15) is 10.6 Å². The Morgan fingerprint density at radius 2 is 2.24 bits per heavy atom. The fourth-order valence-electron chi connectivity index (χ4n) is 1.32. The molecule has 2 heterocycles. The van der Waals surface area contributed by atoms with Gasteiger partial charge in [0.25, 0.3) is 10.0 Å². The molecule has 6 nitrogen and oxygen atoms in total. The van der Waals surface area contributed by atoms with Crippen molar-refractivity contribution in [3.63, 3.8) is 0 Å². The Morgan fingerprint density at radius 3 is 2.76 bits per heavy atom. The van der Waals surface area contributed by atoms with E-state index in [0.717, 1.165) is 10.6 Å². The third-order valence-corrected chi connectivity index (χ3v) is 5.38. The summed E-state index contributed by atoms with van der Waals surface area (Å²) < 4.78 is 25.8. The number of nitrogens with zero attached hydrogens (tertiary/aromatic N) is 3. The summed E-state index contributed by atoms with van der Waals surface area (Å²) in [6.45, 7) is 2.07. The number of aromatic nitrogens is 3. The van der Waals surface area contributed by atoms with Gasteiger partial charge in [0.2, 0.25) is 0 Å². The summed E-state index contributed by atoms with van der Waals surface area (Å²) in [5.74, 6) is 0. The molecule has 0 bridgehead atoms. The minimum Gasteiger partial charge on any atom is -0.285 e. The van der Waals surface area contributed by atoms with Gasteiger partial charge in [-0.3, -0.25) is 5.10 Å². The number of hydrogen-bond donors (Lipinski definition) is 1. The predicted molar refractivity (Wildman–Crippen MR) is 64.1 cm³/mol. The van der Waals surface area contributed by atoms with E-state index in [1.165, 1.54) is 28.9 Å². The highest BCUT2D eigenvalue weighted by Crippen LogP contribution is 2.22. The minimum absolute atomic E-state index is 0.265. The van der Waals surface area contributed by atoms with Gasteiger partial charge in [0.1, 0.15) is 0 Å². The molecule has 17 heavy (non-hydrogen) atoms. The molecule has 0 fully saturated rings. The Hall–Kier alpha value is -1.25. The molecule has 2 rings (SSSR count). The zero-order chi connectivity index (χ0) is 12.5. The first-order valence-electron chi connectivity index (χ1n) is 4.86. The molecule has 92 valence electrons. The fraction of sp³-hybridized carbons (Fsp3) is 0.333. The van der Waals surface area contributed by atoms with E-state index >= 15 is 0 Å². The summed E-state index contributed by atoms with van der Waals surface area (Å²) in [5, 5.41) is 7.16. The number of sulfonamides is 1. The lowest BCUT2D eigenvalue weighted by Crippen LogP contribution is -2.25. The second-order valence-corrected chi connectivity index (χ2v) is 7.07. The molecule has 0 amide bonds. The molecular weight excluding hydrogens is 260 g/mol. The lowest BCUT2D eigenvalue weighted by molar-refractivity contribution is 0.468. The van der Waals surface area contributed by atoms with Crippen molar-refractivity contribution in [2.45, 2.75) is 17.7 Å². The van der Waals surface area contributed by atoms with Crippen LogP contribution in [0.3, 0.4) is 0 Å². The van der Waals surface area contributed by atoms with Crippen molar-refractivity contribution in [3.8, 4) is 0 Å². The molecule has 1 N–H and O–H groups in total. The van der Waals surface area contributed by atoms with Crippen LogP contribution in [0.25, 0.3) is 0 Å². The van der Waals surface area contributed by atoms with Crippen LogP contribution >= 0.6 is 11.3 Å². The van der Waals surface area contributed by atoms with Crippen molar-refractivity contribution >= 4 is 21.4 Å². The van der Waals surface area contributed by atoms with Crippen molar-refractivity contribution in [2.24, 2.45) is 0 Å². The van der Waals surface area contributed by atoms with Crippen molar-refractivity contribution in [1.29, 1.82) is 0 Å². The first-order valence-corrected chi connectivity index (χ1v) is 7.12. The molecule has 2 aromatic heterocycles. The first kappa shape index (κ1) is 12.2. The van der Waals surface area contributed by atoms with E-state index in [1.54, 1.807) is 19.3 Å². The Balaban J connectivity index is 2.21. The zero-order valence-electron chi connectivity index (χ0n) is 9.41. The molecule has 0 atom stereocenters. The molecule has 0 aliphatic heterocycles. The van der Waals surface area contributed by atoms with Gasteiger partial charge in [-0.2, -0.15) is 9.40 Å². The van der Waals surface area contributed by atoms with Crippen molar-refractivity contribution in [2.75, 3.05) is 7.05 Å². The maximum absolute atomic E-state index is 12.1. The number of aromatic amines is 1. The highest BCUT2D eigenvalue weighted by atomic mass is 32.2. The summed E-state index contributed by atoms with van der Waals surface area (Å²) in [7, 11) is -1.91. The van der Waals surface area contributed by atoms with Crippen LogP contribution in [0.4, 0.5) is 0 Å². The molecule has 0 aromatic carbocycles. The zero-order valence-corrected chi connectivity index (χ0v) is 11.0. The molecule has 0 radical (unpaired) electrons. The minimum atomic E-state index is -3.45. The van der Waals surface area contributed by atoms with E-state index in [0.29, 0.717) is 0 Å². The molecular formula is C9H12N4O2S2. The first-order chi connectivity index (χ1) is 8.00. The van der Waals surface area contributed by atoms with Crippen LogP contribution < -0.4 is 0 Å². The number of H-pyrrole nitrogens is 1. The van der Waals surface area contributed by atoms with Crippen LogP contribution in [0.5, 0.6) is 0 Å². The Morgan fingerprint density at radius 1 is 1.47 bits per heavy atom. The highest BCUT2D eigenvalue weighted by molar-refractivity contribution is 7.91. The monoisotopic (exact) mass is 272 g/mol. The number of rotatable bonds is 4. The van der Waals surface area contributed by atoms with E-state index < -0.39 is 10.0 Å². The number of thiazole rings is 1. The van der Waals surface area contributed by atoms with Gasteiger partial charge in [0.15, 0.2) is 4.21 Å². The molecule has 0 spiro atoms. The summed E-state index contributed by atoms with van der Waals surface area (Å²) >= 11 is 1.17. The van der Waals surface area contributed by atoms with Gasteiger partial charge in [-0.25, -0.2) is 13.4 Å². The van der Waals surface area contributed by atoms with Gasteiger partial charge in [-0.05, 0) is 6.92 Å². The van der Waals surface area contributed by atoms with E-state index in [2.05, 4.69) is 15.2 Å².